The quantitative estimate of drug-likeness (QED) is 0.905. The Balaban J connectivity index is 1.63. The van der Waals surface area contributed by atoms with E-state index < -0.39 is 0 Å². The van der Waals surface area contributed by atoms with Crippen molar-refractivity contribution in [2.45, 2.75) is 65.1 Å². The van der Waals surface area contributed by atoms with E-state index >= 15 is 0 Å². The fourth-order valence-corrected chi connectivity index (χ4v) is 5.23. The summed E-state index contributed by atoms with van der Waals surface area (Å²) in [6, 6.07) is 11.5. The fraction of sp³-hybridized carbons (Fsp3) is 0.571. The van der Waals surface area contributed by atoms with E-state index in [1.165, 1.54) is 24.1 Å². The molecular weight excluding hydrogens is 310 g/mol. The minimum Gasteiger partial charge on any atom is -0.396 e. The van der Waals surface area contributed by atoms with Gasteiger partial charge in [0.05, 0.1) is 18.0 Å². The largest absolute Gasteiger partial charge is 0.396 e. The average molecular weight is 339 g/mol. The Hall–Kier alpha value is -1.65. The lowest BCUT2D eigenvalue weighted by molar-refractivity contribution is 0.0713. The van der Waals surface area contributed by atoms with Crippen LogP contribution in [0.4, 0.5) is 0 Å². The Morgan fingerprint density at radius 3 is 2.60 bits per heavy atom. The lowest BCUT2D eigenvalue weighted by Crippen LogP contribution is -2.39. The summed E-state index contributed by atoms with van der Waals surface area (Å²) < 4.78 is 2.07. The molecule has 0 unspecified atom stereocenters. The summed E-state index contributed by atoms with van der Waals surface area (Å²) in [5, 5.41) is 14.9. The summed E-state index contributed by atoms with van der Waals surface area (Å²) in [7, 11) is 0. The molecule has 4 rings (SSSR count). The van der Waals surface area contributed by atoms with Gasteiger partial charge in [-0.1, -0.05) is 25.1 Å². The number of hydrogen-bond acceptors (Lipinski definition) is 3. The van der Waals surface area contributed by atoms with Crippen molar-refractivity contribution in [3.63, 3.8) is 0 Å². The van der Waals surface area contributed by atoms with Crippen molar-refractivity contribution >= 4 is 0 Å². The summed E-state index contributed by atoms with van der Waals surface area (Å²) in [5.41, 5.74) is 4.95. The predicted molar refractivity (Wildman–Crippen MR) is 99.8 cm³/mol. The summed E-state index contributed by atoms with van der Waals surface area (Å²) >= 11 is 0. The normalized spacial score (nSPS) is 28.8. The summed E-state index contributed by atoms with van der Waals surface area (Å²) in [5.74, 6) is 0. The van der Waals surface area contributed by atoms with Crippen molar-refractivity contribution in [1.82, 2.24) is 14.7 Å². The fourth-order valence-electron chi connectivity index (χ4n) is 5.23. The minimum absolute atomic E-state index is 0.111. The molecule has 3 atom stereocenters. The van der Waals surface area contributed by atoms with Crippen LogP contribution in [0.3, 0.4) is 0 Å². The van der Waals surface area contributed by atoms with E-state index in [0.717, 1.165) is 30.8 Å². The summed E-state index contributed by atoms with van der Waals surface area (Å²) in [6.45, 7) is 7.82. The van der Waals surface area contributed by atoms with Crippen LogP contribution in [-0.4, -0.2) is 38.5 Å². The van der Waals surface area contributed by atoms with Gasteiger partial charge in [0.2, 0.25) is 0 Å². The number of rotatable bonds is 5. The number of fused-ring (bicyclic) bond motifs is 2. The van der Waals surface area contributed by atoms with E-state index in [2.05, 4.69) is 54.6 Å². The molecule has 25 heavy (non-hydrogen) atoms. The van der Waals surface area contributed by atoms with Crippen LogP contribution in [0.1, 0.15) is 49.6 Å². The predicted octanol–water partition coefficient (Wildman–Crippen LogP) is 3.61. The Labute approximate surface area is 150 Å². The highest BCUT2D eigenvalue weighted by Crippen LogP contribution is 2.52. The Kier molecular flexibility index (Phi) is 4.20. The van der Waals surface area contributed by atoms with Crippen LogP contribution < -0.4 is 0 Å². The number of para-hydroxylation sites is 1. The molecule has 0 amide bonds. The number of aliphatic hydroxyl groups excluding tert-OH is 1. The third-order valence-electron chi connectivity index (χ3n) is 6.79. The van der Waals surface area contributed by atoms with Crippen molar-refractivity contribution < 1.29 is 5.11 Å². The van der Waals surface area contributed by atoms with Gasteiger partial charge in [0.15, 0.2) is 0 Å². The number of benzene rings is 1. The first kappa shape index (κ1) is 16.8. The van der Waals surface area contributed by atoms with Gasteiger partial charge in [0, 0.05) is 35.3 Å². The molecule has 4 heteroatoms. The Bertz CT molecular complexity index is 748. The molecule has 0 saturated carbocycles. The van der Waals surface area contributed by atoms with Gasteiger partial charge < -0.3 is 5.11 Å². The van der Waals surface area contributed by atoms with E-state index in [9.17, 15) is 5.11 Å². The third-order valence-corrected chi connectivity index (χ3v) is 6.79. The second kappa shape index (κ2) is 6.26. The Morgan fingerprint density at radius 1 is 1.20 bits per heavy atom. The second-order valence-electron chi connectivity index (χ2n) is 7.89. The van der Waals surface area contributed by atoms with Crippen molar-refractivity contribution in [2.24, 2.45) is 5.41 Å². The lowest BCUT2D eigenvalue weighted by Gasteiger charge is -2.35. The SMILES string of the molecule is CC[C@@]1(CO)C[C@@H]2CC[C@H]1N2Cc1c(C)nn(-c2ccccc2)c1C. The molecule has 0 aliphatic carbocycles. The molecule has 1 aromatic carbocycles. The zero-order chi connectivity index (χ0) is 17.6. The van der Waals surface area contributed by atoms with Gasteiger partial charge in [-0.3, -0.25) is 4.90 Å². The maximum Gasteiger partial charge on any atom is 0.0648 e. The van der Waals surface area contributed by atoms with Gasteiger partial charge >= 0.3 is 0 Å². The zero-order valence-corrected chi connectivity index (χ0v) is 15.6. The molecule has 2 aliphatic heterocycles. The van der Waals surface area contributed by atoms with E-state index in [4.69, 9.17) is 5.10 Å². The van der Waals surface area contributed by atoms with Crippen LogP contribution in [0.2, 0.25) is 0 Å². The number of nitrogens with zero attached hydrogens (tertiary/aromatic N) is 3. The number of hydrogen-bond donors (Lipinski definition) is 1. The molecule has 3 heterocycles. The second-order valence-corrected chi connectivity index (χ2v) is 7.89. The highest BCUT2D eigenvalue weighted by molar-refractivity contribution is 5.37. The van der Waals surface area contributed by atoms with Gasteiger partial charge in [0.25, 0.3) is 0 Å². The van der Waals surface area contributed by atoms with Crippen molar-refractivity contribution in [3.8, 4) is 5.69 Å². The first-order valence-corrected chi connectivity index (χ1v) is 9.57. The molecule has 0 radical (unpaired) electrons. The molecule has 2 aliphatic rings. The van der Waals surface area contributed by atoms with Gasteiger partial charge in [-0.15, -0.1) is 0 Å². The van der Waals surface area contributed by atoms with Crippen molar-refractivity contribution in [2.75, 3.05) is 6.61 Å². The highest BCUT2D eigenvalue weighted by atomic mass is 16.3. The van der Waals surface area contributed by atoms with Crippen molar-refractivity contribution in [3.05, 3.63) is 47.3 Å². The molecule has 2 saturated heterocycles. The van der Waals surface area contributed by atoms with Crippen LogP contribution >= 0.6 is 0 Å². The molecule has 1 N–H and O–H groups in total. The number of aliphatic hydroxyl groups is 1. The molecule has 2 fully saturated rings. The van der Waals surface area contributed by atoms with E-state index in [0.29, 0.717) is 18.7 Å². The van der Waals surface area contributed by atoms with Crippen LogP contribution in [-0.2, 0) is 6.54 Å². The molecule has 2 aromatic rings. The standard InChI is InChI=1S/C21H29N3O/c1-4-21(14-25)12-18-10-11-20(21)23(18)13-19-15(2)22-24(16(19)3)17-8-6-5-7-9-17/h5-9,18,20,25H,4,10-14H2,1-3H3/t18-,20+,21-/m0/s1. The van der Waals surface area contributed by atoms with Crippen LogP contribution in [0.15, 0.2) is 30.3 Å². The zero-order valence-electron chi connectivity index (χ0n) is 15.6. The molecule has 134 valence electrons. The highest BCUT2D eigenvalue weighted by Gasteiger charge is 2.54. The smallest absolute Gasteiger partial charge is 0.0648 e. The summed E-state index contributed by atoms with van der Waals surface area (Å²) in [4.78, 5) is 2.66. The molecule has 4 nitrogen and oxygen atoms in total. The van der Waals surface area contributed by atoms with E-state index in [1.54, 1.807) is 0 Å². The van der Waals surface area contributed by atoms with Gasteiger partial charge in [-0.25, -0.2) is 4.68 Å². The number of aromatic nitrogens is 2. The average Bonchev–Trinajstić information content (AvgIpc) is 3.27. The van der Waals surface area contributed by atoms with Crippen molar-refractivity contribution in [1.29, 1.82) is 0 Å². The first-order valence-electron chi connectivity index (χ1n) is 9.57. The monoisotopic (exact) mass is 339 g/mol. The topological polar surface area (TPSA) is 41.3 Å². The molecule has 1 aromatic heterocycles. The molecular formula is C21H29N3O. The van der Waals surface area contributed by atoms with Gasteiger partial charge in [-0.2, -0.15) is 5.10 Å². The maximum atomic E-state index is 10.0. The third kappa shape index (κ3) is 2.54. The minimum atomic E-state index is 0.111. The Morgan fingerprint density at radius 2 is 1.96 bits per heavy atom. The maximum absolute atomic E-state index is 10.0. The van der Waals surface area contributed by atoms with Crippen LogP contribution in [0.5, 0.6) is 0 Å². The molecule has 2 bridgehead atoms. The lowest BCUT2D eigenvalue weighted by atomic mass is 9.72. The van der Waals surface area contributed by atoms with E-state index in [-0.39, 0.29) is 5.41 Å². The molecule has 0 spiro atoms. The summed E-state index contributed by atoms with van der Waals surface area (Å²) in [6.07, 6.45) is 4.72. The van der Waals surface area contributed by atoms with Gasteiger partial charge in [0.1, 0.15) is 0 Å². The van der Waals surface area contributed by atoms with E-state index in [1.807, 2.05) is 6.07 Å². The van der Waals surface area contributed by atoms with Gasteiger partial charge in [-0.05, 0) is 51.7 Å². The number of aryl methyl sites for hydroxylation is 1. The van der Waals surface area contributed by atoms with Crippen LogP contribution in [0, 0.1) is 19.3 Å². The first-order chi connectivity index (χ1) is 12.1. The van der Waals surface area contributed by atoms with Crippen LogP contribution in [0.25, 0.3) is 5.69 Å².